The lowest BCUT2D eigenvalue weighted by atomic mass is 10.3. The van der Waals surface area contributed by atoms with Crippen LogP contribution in [0, 0.1) is 0 Å². The molecule has 1 aromatic heterocycles. The number of halogens is 1. The summed E-state index contributed by atoms with van der Waals surface area (Å²) in [5.74, 6) is 0.800. The van der Waals surface area contributed by atoms with Gasteiger partial charge in [-0.25, -0.2) is 0 Å². The van der Waals surface area contributed by atoms with E-state index in [1.807, 2.05) is 35.8 Å². The molecule has 0 aliphatic heterocycles. The Bertz CT molecular complexity index is 645. The standard InChI is InChI=1S/C15H19ClN4O2S/c1-3-20-13(9-17-12-7-5-11(16)6-8-12)18-19-15(20)23-10-14(21)22-4-2/h5-8,17H,3-4,9-10H2,1-2H3. The fourth-order valence-corrected chi connectivity index (χ4v) is 2.89. The van der Waals surface area contributed by atoms with Gasteiger partial charge in [0, 0.05) is 17.3 Å². The normalized spacial score (nSPS) is 10.6. The number of esters is 1. The third-order valence-electron chi connectivity index (χ3n) is 3.03. The van der Waals surface area contributed by atoms with Gasteiger partial charge in [0.15, 0.2) is 11.0 Å². The SMILES string of the molecule is CCOC(=O)CSc1nnc(CNc2ccc(Cl)cc2)n1CC. The molecule has 0 radical (unpaired) electrons. The van der Waals surface area contributed by atoms with Gasteiger partial charge in [-0.2, -0.15) is 0 Å². The van der Waals surface area contributed by atoms with Crippen LogP contribution >= 0.6 is 23.4 Å². The van der Waals surface area contributed by atoms with E-state index in [1.165, 1.54) is 11.8 Å². The smallest absolute Gasteiger partial charge is 0.316 e. The first-order chi connectivity index (χ1) is 11.1. The van der Waals surface area contributed by atoms with Gasteiger partial charge in [-0.1, -0.05) is 23.4 Å². The summed E-state index contributed by atoms with van der Waals surface area (Å²) >= 11 is 7.20. The van der Waals surface area contributed by atoms with E-state index in [0.717, 1.165) is 18.1 Å². The molecule has 124 valence electrons. The van der Waals surface area contributed by atoms with Crippen molar-refractivity contribution in [2.75, 3.05) is 17.7 Å². The highest BCUT2D eigenvalue weighted by molar-refractivity contribution is 7.99. The number of carbonyl (C=O) groups is 1. The van der Waals surface area contributed by atoms with Crippen LogP contribution in [0.4, 0.5) is 5.69 Å². The third kappa shape index (κ3) is 5.14. The molecular weight excluding hydrogens is 336 g/mol. The first kappa shape index (κ1) is 17.6. The minimum atomic E-state index is -0.246. The van der Waals surface area contributed by atoms with Crippen LogP contribution in [-0.2, 0) is 22.6 Å². The Morgan fingerprint density at radius 2 is 2.04 bits per heavy atom. The van der Waals surface area contributed by atoms with Crippen LogP contribution in [0.2, 0.25) is 5.02 Å². The summed E-state index contributed by atoms with van der Waals surface area (Å²) in [7, 11) is 0. The number of anilines is 1. The van der Waals surface area contributed by atoms with Gasteiger partial charge in [-0.15, -0.1) is 10.2 Å². The Balaban J connectivity index is 1.97. The first-order valence-corrected chi connectivity index (χ1v) is 8.70. The maximum absolute atomic E-state index is 11.4. The molecule has 0 aliphatic carbocycles. The van der Waals surface area contributed by atoms with Crippen LogP contribution in [0.15, 0.2) is 29.4 Å². The number of rotatable bonds is 8. The summed E-state index contributed by atoms with van der Waals surface area (Å²) in [6.45, 7) is 5.47. The zero-order chi connectivity index (χ0) is 16.7. The number of thioether (sulfide) groups is 1. The molecule has 23 heavy (non-hydrogen) atoms. The molecule has 1 N–H and O–H groups in total. The van der Waals surface area contributed by atoms with Crippen molar-refractivity contribution in [2.24, 2.45) is 0 Å². The fourth-order valence-electron chi connectivity index (χ4n) is 1.95. The lowest BCUT2D eigenvalue weighted by molar-refractivity contribution is -0.139. The summed E-state index contributed by atoms with van der Waals surface area (Å²) in [5.41, 5.74) is 0.959. The summed E-state index contributed by atoms with van der Waals surface area (Å²) < 4.78 is 6.90. The number of carbonyl (C=O) groups excluding carboxylic acids is 1. The molecule has 0 fully saturated rings. The van der Waals surface area contributed by atoms with Gasteiger partial charge < -0.3 is 14.6 Å². The molecular formula is C15H19ClN4O2S. The largest absolute Gasteiger partial charge is 0.465 e. The van der Waals surface area contributed by atoms with Crippen molar-refractivity contribution >= 4 is 35.0 Å². The van der Waals surface area contributed by atoms with Crippen molar-refractivity contribution in [1.82, 2.24) is 14.8 Å². The highest BCUT2D eigenvalue weighted by atomic mass is 35.5. The molecule has 0 aliphatic rings. The Morgan fingerprint density at radius 1 is 1.30 bits per heavy atom. The van der Waals surface area contributed by atoms with E-state index in [2.05, 4.69) is 15.5 Å². The molecule has 1 aromatic carbocycles. The number of ether oxygens (including phenoxy) is 1. The molecule has 0 bridgehead atoms. The van der Waals surface area contributed by atoms with E-state index in [4.69, 9.17) is 16.3 Å². The molecule has 6 nitrogen and oxygen atoms in total. The van der Waals surface area contributed by atoms with Crippen molar-refractivity contribution in [3.05, 3.63) is 35.1 Å². The van der Waals surface area contributed by atoms with Crippen molar-refractivity contribution in [3.63, 3.8) is 0 Å². The Kier molecular flexibility index (Phi) is 6.73. The van der Waals surface area contributed by atoms with Crippen molar-refractivity contribution in [1.29, 1.82) is 0 Å². The van der Waals surface area contributed by atoms with Crippen LogP contribution < -0.4 is 5.32 Å². The molecule has 1 heterocycles. The topological polar surface area (TPSA) is 69.0 Å². The lowest BCUT2D eigenvalue weighted by Gasteiger charge is -2.09. The molecule has 0 unspecified atom stereocenters. The minimum Gasteiger partial charge on any atom is -0.465 e. The first-order valence-electron chi connectivity index (χ1n) is 7.34. The number of benzene rings is 1. The molecule has 0 spiro atoms. The maximum Gasteiger partial charge on any atom is 0.316 e. The maximum atomic E-state index is 11.4. The fraction of sp³-hybridized carbons (Fsp3) is 0.400. The summed E-state index contributed by atoms with van der Waals surface area (Å²) in [4.78, 5) is 11.4. The van der Waals surface area contributed by atoms with Gasteiger partial charge in [0.2, 0.25) is 0 Å². The van der Waals surface area contributed by atoms with Gasteiger partial charge in [-0.3, -0.25) is 4.79 Å². The van der Waals surface area contributed by atoms with Gasteiger partial charge in [-0.05, 0) is 38.1 Å². The monoisotopic (exact) mass is 354 g/mol. The van der Waals surface area contributed by atoms with E-state index in [0.29, 0.717) is 23.3 Å². The third-order valence-corrected chi connectivity index (χ3v) is 4.22. The second-order valence-electron chi connectivity index (χ2n) is 4.60. The highest BCUT2D eigenvalue weighted by Gasteiger charge is 2.13. The lowest BCUT2D eigenvalue weighted by Crippen LogP contribution is -2.10. The van der Waals surface area contributed by atoms with Gasteiger partial charge in [0.1, 0.15) is 0 Å². The number of aromatic nitrogens is 3. The molecule has 0 saturated carbocycles. The zero-order valence-electron chi connectivity index (χ0n) is 13.1. The Labute approximate surface area is 144 Å². The molecule has 0 amide bonds. The van der Waals surface area contributed by atoms with Gasteiger partial charge >= 0.3 is 5.97 Å². The molecule has 0 saturated heterocycles. The van der Waals surface area contributed by atoms with E-state index < -0.39 is 0 Å². The van der Waals surface area contributed by atoms with Gasteiger partial charge in [0.25, 0.3) is 0 Å². The summed E-state index contributed by atoms with van der Waals surface area (Å²) in [6, 6.07) is 7.47. The van der Waals surface area contributed by atoms with Crippen LogP contribution in [-0.4, -0.2) is 33.1 Å². The van der Waals surface area contributed by atoms with E-state index in [-0.39, 0.29) is 11.7 Å². The number of nitrogens with one attached hydrogen (secondary N) is 1. The molecule has 2 rings (SSSR count). The van der Waals surface area contributed by atoms with Crippen LogP contribution in [0.5, 0.6) is 0 Å². The summed E-state index contributed by atoms with van der Waals surface area (Å²) in [6.07, 6.45) is 0. The van der Waals surface area contributed by atoms with Crippen molar-refractivity contribution in [2.45, 2.75) is 32.1 Å². The average Bonchev–Trinajstić information content (AvgIpc) is 2.94. The van der Waals surface area contributed by atoms with Crippen LogP contribution in [0.1, 0.15) is 19.7 Å². The Hall–Kier alpha value is -1.73. The molecule has 8 heteroatoms. The molecule has 0 atom stereocenters. The van der Waals surface area contributed by atoms with E-state index >= 15 is 0 Å². The average molecular weight is 355 g/mol. The number of hydrogen-bond donors (Lipinski definition) is 1. The van der Waals surface area contributed by atoms with E-state index in [1.54, 1.807) is 6.92 Å². The minimum absolute atomic E-state index is 0.233. The van der Waals surface area contributed by atoms with Gasteiger partial charge in [0.05, 0.1) is 18.9 Å². The Morgan fingerprint density at radius 3 is 2.70 bits per heavy atom. The van der Waals surface area contributed by atoms with E-state index in [9.17, 15) is 4.79 Å². The molecule has 2 aromatic rings. The second kappa shape index (κ2) is 8.79. The van der Waals surface area contributed by atoms with Crippen LogP contribution in [0.25, 0.3) is 0 Å². The zero-order valence-corrected chi connectivity index (χ0v) is 14.7. The van der Waals surface area contributed by atoms with Crippen molar-refractivity contribution in [3.8, 4) is 0 Å². The highest BCUT2D eigenvalue weighted by Crippen LogP contribution is 2.19. The quantitative estimate of drug-likeness (QED) is 0.580. The van der Waals surface area contributed by atoms with Crippen molar-refractivity contribution < 1.29 is 9.53 Å². The predicted octanol–water partition coefficient (Wildman–Crippen LogP) is 3.22. The predicted molar refractivity (Wildman–Crippen MR) is 91.8 cm³/mol. The summed E-state index contributed by atoms with van der Waals surface area (Å²) in [5, 5.41) is 13.0. The number of nitrogens with zero attached hydrogens (tertiary/aromatic N) is 3. The van der Waals surface area contributed by atoms with Crippen LogP contribution in [0.3, 0.4) is 0 Å². The second-order valence-corrected chi connectivity index (χ2v) is 5.98. The number of hydrogen-bond acceptors (Lipinski definition) is 6.